The SMILES string of the molecule is CCC(=O)c1ccc(N2CCN(Cc3ccc4c(c3)CC(=O)C(CC)=N4)CC2)c(Cl)n1.CCC(=O)c1ccc(N2CCNCC2)c(Cl)n1.COC(=O)c1ccc(F)c(Cl)n1.COC(=O)c1ccc(N2CCNCC2)c(Cl)n1. The summed E-state index contributed by atoms with van der Waals surface area (Å²) < 4.78 is 21.5. The van der Waals surface area contributed by atoms with Crippen LogP contribution in [0.5, 0.6) is 0 Å². The van der Waals surface area contributed by atoms with Crippen LogP contribution in [0.15, 0.2) is 71.7 Å². The minimum atomic E-state index is -0.663. The number of Topliss-reactive ketones (excluding diaryl/α,β-unsaturated/α-hetero) is 3. The highest BCUT2D eigenvalue weighted by atomic mass is 35.5. The van der Waals surface area contributed by atoms with Gasteiger partial charge in [0.15, 0.2) is 43.8 Å². The summed E-state index contributed by atoms with van der Waals surface area (Å²) >= 11 is 23.9. The molecule has 4 aromatic heterocycles. The molecule has 77 heavy (non-hydrogen) atoms. The van der Waals surface area contributed by atoms with Gasteiger partial charge < -0.3 is 34.8 Å². The van der Waals surface area contributed by atoms with E-state index < -0.39 is 17.8 Å². The Morgan fingerprint density at radius 3 is 1.43 bits per heavy atom. The largest absolute Gasteiger partial charge is 0.464 e. The number of hydrogen-bond acceptors (Lipinski definition) is 18. The van der Waals surface area contributed by atoms with Crippen molar-refractivity contribution in [3.63, 3.8) is 0 Å². The molecule has 3 saturated heterocycles. The number of nitrogens with zero attached hydrogens (tertiary/aromatic N) is 9. The molecule has 0 aliphatic carbocycles. The molecule has 1 aromatic carbocycles. The van der Waals surface area contributed by atoms with Gasteiger partial charge in [0.25, 0.3) is 0 Å². The van der Waals surface area contributed by atoms with Crippen molar-refractivity contribution in [3.05, 3.63) is 127 Å². The van der Waals surface area contributed by atoms with Gasteiger partial charge in [0.05, 0.1) is 42.7 Å². The normalized spacial score (nSPS) is 15.3. The summed E-state index contributed by atoms with van der Waals surface area (Å²) in [5, 5.41) is 7.36. The smallest absolute Gasteiger partial charge is 0.356 e. The van der Waals surface area contributed by atoms with Crippen LogP contribution < -0.4 is 25.3 Å². The van der Waals surface area contributed by atoms with Crippen molar-refractivity contribution in [1.29, 1.82) is 0 Å². The molecule has 0 unspecified atom stereocenters. The van der Waals surface area contributed by atoms with Crippen molar-refractivity contribution >= 4 is 104 Å². The molecule has 4 aliphatic heterocycles. The number of ether oxygens (including phenoxy) is 2. The minimum absolute atomic E-state index is 0.00151. The van der Waals surface area contributed by atoms with E-state index in [-0.39, 0.29) is 33.9 Å². The van der Waals surface area contributed by atoms with E-state index >= 15 is 0 Å². The van der Waals surface area contributed by atoms with Gasteiger partial charge in [0.2, 0.25) is 0 Å². The van der Waals surface area contributed by atoms with Gasteiger partial charge >= 0.3 is 11.9 Å². The van der Waals surface area contributed by atoms with Gasteiger partial charge in [-0.1, -0.05) is 79.3 Å². The molecule has 5 aromatic rings. The van der Waals surface area contributed by atoms with Gasteiger partial charge in [-0.25, -0.2) is 38.9 Å². The van der Waals surface area contributed by atoms with E-state index in [1.807, 2.05) is 45.0 Å². The molecular formula is C54H62Cl4FN11O7. The third kappa shape index (κ3) is 16.7. The average molecular weight is 1140 g/mol. The first-order valence-corrected chi connectivity index (χ1v) is 26.7. The molecule has 0 atom stereocenters. The highest BCUT2D eigenvalue weighted by Crippen LogP contribution is 2.30. The van der Waals surface area contributed by atoms with Crippen molar-refractivity contribution in [2.75, 3.05) is 107 Å². The van der Waals surface area contributed by atoms with E-state index in [2.05, 4.69) is 76.8 Å². The molecule has 18 nitrogen and oxygen atoms in total. The van der Waals surface area contributed by atoms with Crippen LogP contribution in [0.2, 0.25) is 20.6 Å². The number of carbonyl (C=O) groups excluding carboxylic acids is 5. The lowest BCUT2D eigenvalue weighted by atomic mass is 9.97. The first kappa shape index (κ1) is 60.0. The lowest BCUT2D eigenvalue weighted by molar-refractivity contribution is -0.112. The molecule has 4 aliphatic rings. The molecule has 8 heterocycles. The second-order valence-corrected chi connectivity index (χ2v) is 19.2. The van der Waals surface area contributed by atoms with Gasteiger partial charge in [-0.15, -0.1) is 0 Å². The molecule has 23 heteroatoms. The Balaban J connectivity index is 0.000000178. The molecule has 0 spiro atoms. The van der Waals surface area contributed by atoms with Crippen LogP contribution in [0.3, 0.4) is 0 Å². The van der Waals surface area contributed by atoms with E-state index in [1.54, 1.807) is 18.2 Å². The summed E-state index contributed by atoms with van der Waals surface area (Å²) in [7, 11) is 2.53. The molecule has 410 valence electrons. The molecule has 2 N–H and O–H groups in total. The fourth-order valence-corrected chi connectivity index (χ4v) is 9.45. The van der Waals surface area contributed by atoms with Gasteiger partial charge in [0, 0.05) is 104 Å². The molecular weight excluding hydrogens is 1080 g/mol. The van der Waals surface area contributed by atoms with Gasteiger partial charge in [-0.3, -0.25) is 19.3 Å². The summed E-state index contributed by atoms with van der Waals surface area (Å²) in [6, 6.07) is 19.3. The van der Waals surface area contributed by atoms with Crippen LogP contribution in [-0.2, 0) is 27.2 Å². The number of aliphatic imine (C=N–C) groups is 1. The van der Waals surface area contributed by atoms with E-state index in [0.717, 1.165) is 119 Å². The highest BCUT2D eigenvalue weighted by molar-refractivity contribution is 6.41. The number of aromatic nitrogens is 4. The van der Waals surface area contributed by atoms with Crippen LogP contribution in [-0.4, -0.2) is 153 Å². The maximum Gasteiger partial charge on any atom is 0.356 e. The van der Waals surface area contributed by atoms with E-state index in [1.165, 1.54) is 25.8 Å². The van der Waals surface area contributed by atoms with E-state index in [0.29, 0.717) is 58.2 Å². The topological polar surface area (TPSA) is 205 Å². The summed E-state index contributed by atoms with van der Waals surface area (Å²) in [4.78, 5) is 87.1. The van der Waals surface area contributed by atoms with Crippen molar-refractivity contribution in [1.82, 2.24) is 35.5 Å². The number of methoxy groups -OCH3 is 2. The third-order valence-electron chi connectivity index (χ3n) is 12.7. The maximum absolute atomic E-state index is 12.5. The van der Waals surface area contributed by atoms with Crippen molar-refractivity contribution in [2.24, 2.45) is 4.99 Å². The van der Waals surface area contributed by atoms with Crippen molar-refractivity contribution in [3.8, 4) is 0 Å². The van der Waals surface area contributed by atoms with Crippen LogP contribution >= 0.6 is 46.4 Å². The number of rotatable bonds is 12. The summed E-state index contributed by atoms with van der Waals surface area (Å²) in [5.41, 5.74) is 7.60. The predicted molar refractivity (Wildman–Crippen MR) is 299 cm³/mol. The Morgan fingerprint density at radius 2 is 1.00 bits per heavy atom. The average Bonchev–Trinajstić information content (AvgIpc) is 3.45. The zero-order valence-corrected chi connectivity index (χ0v) is 46.7. The second-order valence-electron chi connectivity index (χ2n) is 17.7. The van der Waals surface area contributed by atoms with E-state index in [9.17, 15) is 28.4 Å². The zero-order valence-electron chi connectivity index (χ0n) is 43.6. The Labute approximate surface area is 467 Å². The van der Waals surface area contributed by atoms with Gasteiger partial charge in [0.1, 0.15) is 22.8 Å². The number of fused-ring (bicyclic) bond motifs is 1. The summed E-state index contributed by atoms with van der Waals surface area (Å²) in [5.74, 6) is -1.61. The third-order valence-corrected chi connectivity index (χ3v) is 13.8. The second kappa shape index (κ2) is 29.5. The van der Waals surface area contributed by atoms with Crippen LogP contribution in [0.25, 0.3) is 0 Å². The van der Waals surface area contributed by atoms with Crippen molar-refractivity contribution in [2.45, 2.75) is 53.0 Å². The highest BCUT2D eigenvalue weighted by Gasteiger charge is 2.24. The van der Waals surface area contributed by atoms with Gasteiger partial charge in [-0.05, 0) is 72.1 Å². The molecule has 0 radical (unpaired) electrons. The Morgan fingerprint density at radius 1 is 0.571 bits per heavy atom. The first-order valence-electron chi connectivity index (χ1n) is 25.2. The number of pyridine rings is 4. The van der Waals surface area contributed by atoms with E-state index in [4.69, 9.17) is 46.4 Å². The lowest BCUT2D eigenvalue weighted by Crippen LogP contribution is -2.46. The summed E-state index contributed by atoms with van der Waals surface area (Å²) in [6.45, 7) is 17.3. The number of halogens is 5. The Hall–Kier alpha value is -6.19. The Bertz CT molecular complexity index is 2850. The fraction of sp³-hybridized carbons (Fsp3) is 0.407. The first-order chi connectivity index (χ1) is 37.1. The number of esters is 2. The lowest BCUT2D eigenvalue weighted by Gasteiger charge is -2.36. The number of hydrogen-bond donors (Lipinski definition) is 2. The van der Waals surface area contributed by atoms with Crippen molar-refractivity contribution < 1.29 is 37.8 Å². The molecule has 9 rings (SSSR count). The number of carbonyl (C=O) groups is 5. The number of nitrogens with one attached hydrogen (secondary N) is 2. The standard InChI is InChI=1S/C24H27ClN4O2.C12H16ClN3O.C11H14ClN3O2.C7H5ClFNO2/c1-3-18-23(31)14-17-13-16(5-6-19(17)26-18)15-28-9-11-29(12-10-28)21-8-7-20(22(30)4-2)27-24(21)25;1-2-11(17)9-3-4-10(12(13)15-9)16-7-5-14-6-8-16;1-17-11(16)8-2-3-9(10(12)14-8)15-6-4-13-5-7-15;1-12-7(11)5-3-2-4(9)6(8)10-5/h5-8,13H,3-4,9-12,14-15H2,1-2H3;3-4,14H,2,5-8H2,1H3;2-3,13H,4-7H2,1H3;2-3H,1H3. The number of ketones is 3. The van der Waals surface area contributed by atoms with Crippen LogP contribution in [0.1, 0.15) is 93.1 Å². The number of anilines is 3. The fourth-order valence-electron chi connectivity index (χ4n) is 8.48. The Kier molecular flexibility index (Phi) is 23.0. The molecule has 0 bridgehead atoms. The number of piperazine rings is 3. The van der Waals surface area contributed by atoms with Crippen LogP contribution in [0, 0.1) is 5.82 Å². The predicted octanol–water partition coefficient (Wildman–Crippen LogP) is 8.59. The molecule has 0 amide bonds. The number of benzene rings is 1. The monoisotopic (exact) mass is 1140 g/mol. The summed E-state index contributed by atoms with van der Waals surface area (Å²) in [6.07, 6.45) is 2.01. The van der Waals surface area contributed by atoms with Gasteiger partial charge in [-0.2, -0.15) is 0 Å². The molecule has 3 fully saturated rings. The zero-order chi connectivity index (χ0) is 55.6. The van der Waals surface area contributed by atoms with Crippen LogP contribution in [0.4, 0.5) is 27.1 Å². The maximum atomic E-state index is 12.5. The minimum Gasteiger partial charge on any atom is -0.464 e. The molecule has 0 saturated carbocycles. The quantitative estimate of drug-likeness (QED) is 0.0682.